The molecule has 0 fully saturated rings. The zero-order chi connectivity index (χ0) is 25.4. The maximum Gasteiger partial charge on any atom is 0.329 e. The number of nitrogens with zero attached hydrogens (tertiary/aromatic N) is 1. The number of halogens is 3. The van der Waals surface area contributed by atoms with Crippen LogP contribution in [0.4, 0.5) is 11.4 Å². The van der Waals surface area contributed by atoms with Gasteiger partial charge in [0.25, 0.3) is 5.91 Å². The van der Waals surface area contributed by atoms with E-state index in [1.54, 1.807) is 54.6 Å². The number of carbonyl (C=O) groups is 3. The van der Waals surface area contributed by atoms with Gasteiger partial charge < -0.3 is 15.4 Å². The average Bonchev–Trinajstić information content (AvgIpc) is 2.84. The number of ether oxygens (including phenoxy) is 1. The van der Waals surface area contributed by atoms with E-state index in [-0.39, 0.29) is 28.2 Å². The molecular formula is C24H19Cl3N4O4. The first-order valence-electron chi connectivity index (χ1n) is 10.1. The third-order valence-electron chi connectivity index (χ3n) is 4.58. The van der Waals surface area contributed by atoms with Crippen LogP contribution in [0.15, 0.2) is 65.8 Å². The molecule has 0 saturated carbocycles. The predicted molar refractivity (Wildman–Crippen MR) is 138 cm³/mol. The molecule has 0 saturated heterocycles. The number of nitrogens with one attached hydrogen (secondary N) is 3. The fraction of sp³-hybridized carbons (Fsp3) is 0.0833. The number of anilines is 2. The molecule has 0 aliphatic carbocycles. The molecule has 3 rings (SSSR count). The Morgan fingerprint density at radius 3 is 2.23 bits per heavy atom. The van der Waals surface area contributed by atoms with Gasteiger partial charge in [0.1, 0.15) is 5.75 Å². The van der Waals surface area contributed by atoms with Crippen molar-refractivity contribution in [2.75, 3.05) is 17.2 Å². The Balaban J connectivity index is 1.46. The van der Waals surface area contributed by atoms with Crippen molar-refractivity contribution < 1.29 is 19.1 Å². The van der Waals surface area contributed by atoms with Gasteiger partial charge in [-0.3, -0.25) is 14.4 Å². The van der Waals surface area contributed by atoms with Gasteiger partial charge in [0.2, 0.25) is 0 Å². The summed E-state index contributed by atoms with van der Waals surface area (Å²) in [5.41, 5.74) is 4.33. The summed E-state index contributed by atoms with van der Waals surface area (Å²) in [4.78, 5) is 36.1. The Morgan fingerprint density at radius 2 is 1.51 bits per heavy atom. The summed E-state index contributed by atoms with van der Waals surface area (Å²) in [6, 6.07) is 16.5. The van der Waals surface area contributed by atoms with Crippen molar-refractivity contribution in [3.05, 3.63) is 86.9 Å². The molecule has 0 aromatic heterocycles. The smallest absolute Gasteiger partial charge is 0.329 e. The van der Waals surface area contributed by atoms with E-state index in [1.807, 2.05) is 6.92 Å². The molecule has 0 aliphatic heterocycles. The molecule has 3 aromatic rings. The summed E-state index contributed by atoms with van der Waals surface area (Å²) in [5, 5.41) is 9.77. The van der Waals surface area contributed by atoms with Crippen molar-refractivity contribution in [2.45, 2.75) is 6.92 Å². The molecule has 0 spiro atoms. The number of benzene rings is 3. The van der Waals surface area contributed by atoms with Gasteiger partial charge in [-0.15, -0.1) is 0 Å². The van der Waals surface area contributed by atoms with Crippen molar-refractivity contribution in [1.29, 1.82) is 0 Å². The van der Waals surface area contributed by atoms with E-state index in [0.29, 0.717) is 22.0 Å². The lowest BCUT2D eigenvalue weighted by Crippen LogP contribution is -2.32. The second-order valence-corrected chi connectivity index (χ2v) is 8.27. The number of hydrogen-bond donors (Lipinski definition) is 3. The minimum Gasteiger partial charge on any atom is -0.484 e. The third kappa shape index (κ3) is 7.45. The second kappa shape index (κ2) is 12.2. The van der Waals surface area contributed by atoms with E-state index in [2.05, 4.69) is 21.2 Å². The number of amides is 3. The first kappa shape index (κ1) is 26.0. The topological polar surface area (TPSA) is 109 Å². The number of hydrazone groups is 1. The molecule has 0 unspecified atom stereocenters. The highest BCUT2D eigenvalue weighted by molar-refractivity contribution is 6.45. The Hall–Kier alpha value is -3.59. The van der Waals surface area contributed by atoms with Crippen LogP contribution in [0, 0.1) is 6.92 Å². The second-order valence-electron chi connectivity index (χ2n) is 7.07. The third-order valence-corrected chi connectivity index (χ3v) is 5.81. The highest BCUT2D eigenvalue weighted by Gasteiger charge is 2.15. The summed E-state index contributed by atoms with van der Waals surface area (Å²) in [6.45, 7) is 1.62. The summed E-state index contributed by atoms with van der Waals surface area (Å²) < 4.78 is 5.48. The summed E-state index contributed by atoms with van der Waals surface area (Å²) >= 11 is 17.9. The van der Waals surface area contributed by atoms with Crippen LogP contribution in [0.3, 0.4) is 0 Å². The van der Waals surface area contributed by atoms with E-state index in [4.69, 9.17) is 39.5 Å². The van der Waals surface area contributed by atoms with Crippen LogP contribution >= 0.6 is 34.8 Å². The molecule has 0 bridgehead atoms. The molecule has 180 valence electrons. The van der Waals surface area contributed by atoms with Gasteiger partial charge in [0.15, 0.2) is 6.61 Å². The largest absolute Gasteiger partial charge is 0.484 e. The normalized spacial score (nSPS) is 10.6. The number of hydrogen-bond acceptors (Lipinski definition) is 5. The molecule has 0 radical (unpaired) electrons. The van der Waals surface area contributed by atoms with Gasteiger partial charge in [0, 0.05) is 10.7 Å². The maximum absolute atomic E-state index is 12.1. The SMILES string of the molecule is Cc1c(Cl)cccc1NC(=O)COc1ccc(/C=N\NC(=O)C(=O)Nc2cccc(Cl)c2Cl)cc1. The molecule has 3 aromatic carbocycles. The highest BCUT2D eigenvalue weighted by Crippen LogP contribution is 2.29. The van der Waals surface area contributed by atoms with Crippen LogP contribution in [0.2, 0.25) is 15.1 Å². The zero-order valence-electron chi connectivity index (χ0n) is 18.3. The fourth-order valence-electron chi connectivity index (χ4n) is 2.72. The van der Waals surface area contributed by atoms with Crippen LogP contribution in [0.25, 0.3) is 0 Å². The molecular weight excluding hydrogens is 515 g/mol. The molecule has 0 atom stereocenters. The molecule has 0 aliphatic rings. The molecule has 0 heterocycles. The van der Waals surface area contributed by atoms with Crippen molar-refractivity contribution in [3.63, 3.8) is 0 Å². The number of rotatable bonds is 7. The van der Waals surface area contributed by atoms with Gasteiger partial charge in [-0.1, -0.05) is 46.9 Å². The Kier molecular flexibility index (Phi) is 9.08. The molecule has 11 heteroatoms. The predicted octanol–water partition coefficient (Wildman–Crippen LogP) is 5.06. The summed E-state index contributed by atoms with van der Waals surface area (Å²) in [7, 11) is 0. The Morgan fingerprint density at radius 1 is 0.857 bits per heavy atom. The lowest BCUT2D eigenvalue weighted by Gasteiger charge is -2.10. The Bertz CT molecular complexity index is 1280. The zero-order valence-corrected chi connectivity index (χ0v) is 20.5. The monoisotopic (exact) mass is 532 g/mol. The van der Waals surface area contributed by atoms with Gasteiger partial charge in [0.05, 0.1) is 21.9 Å². The van der Waals surface area contributed by atoms with Gasteiger partial charge in [-0.2, -0.15) is 5.10 Å². The standard InChI is InChI=1S/C24H19Cl3N4O4/c1-14-17(25)4-2-6-19(14)29-21(32)13-35-16-10-8-15(9-11-16)12-28-31-24(34)23(33)30-20-7-3-5-18(26)22(20)27/h2-12H,13H2,1H3,(H,29,32)(H,30,33)(H,31,34)/b28-12-. The van der Waals surface area contributed by atoms with E-state index in [9.17, 15) is 14.4 Å². The quantitative estimate of drug-likeness (QED) is 0.224. The van der Waals surface area contributed by atoms with E-state index in [1.165, 1.54) is 12.3 Å². The van der Waals surface area contributed by atoms with Crippen LogP contribution < -0.4 is 20.8 Å². The van der Waals surface area contributed by atoms with Crippen molar-refractivity contribution in [3.8, 4) is 5.75 Å². The van der Waals surface area contributed by atoms with Gasteiger partial charge in [-0.25, -0.2) is 5.43 Å². The first-order valence-corrected chi connectivity index (χ1v) is 11.2. The van der Waals surface area contributed by atoms with Crippen LogP contribution in [0.5, 0.6) is 5.75 Å². The van der Waals surface area contributed by atoms with Crippen LogP contribution in [0.1, 0.15) is 11.1 Å². The average molecular weight is 534 g/mol. The van der Waals surface area contributed by atoms with Gasteiger partial charge in [-0.05, 0) is 66.6 Å². The summed E-state index contributed by atoms with van der Waals surface area (Å²) in [6.07, 6.45) is 1.34. The molecule has 3 amide bonds. The summed E-state index contributed by atoms with van der Waals surface area (Å²) in [5.74, 6) is -1.82. The van der Waals surface area contributed by atoms with Crippen LogP contribution in [-0.2, 0) is 14.4 Å². The molecule has 3 N–H and O–H groups in total. The maximum atomic E-state index is 12.1. The highest BCUT2D eigenvalue weighted by atomic mass is 35.5. The minimum absolute atomic E-state index is 0.123. The fourth-order valence-corrected chi connectivity index (χ4v) is 3.25. The van der Waals surface area contributed by atoms with Crippen molar-refractivity contribution in [2.24, 2.45) is 5.10 Å². The lowest BCUT2D eigenvalue weighted by molar-refractivity contribution is -0.136. The van der Waals surface area contributed by atoms with Crippen molar-refractivity contribution in [1.82, 2.24) is 5.43 Å². The number of carbonyl (C=O) groups excluding carboxylic acids is 3. The van der Waals surface area contributed by atoms with Gasteiger partial charge >= 0.3 is 11.8 Å². The first-order chi connectivity index (χ1) is 16.7. The Labute approximate surface area is 216 Å². The van der Waals surface area contributed by atoms with E-state index in [0.717, 1.165) is 5.56 Å². The van der Waals surface area contributed by atoms with E-state index < -0.39 is 11.8 Å². The van der Waals surface area contributed by atoms with Crippen molar-refractivity contribution >= 4 is 70.1 Å². The molecule has 35 heavy (non-hydrogen) atoms. The molecule has 8 nitrogen and oxygen atoms in total. The van der Waals surface area contributed by atoms with E-state index >= 15 is 0 Å². The lowest BCUT2D eigenvalue weighted by atomic mass is 10.2. The van der Waals surface area contributed by atoms with Crippen LogP contribution in [-0.4, -0.2) is 30.5 Å². The minimum atomic E-state index is -0.988.